The minimum absolute atomic E-state index is 0.0132. The number of allylic oxidation sites excluding steroid dienone is 2. The summed E-state index contributed by atoms with van der Waals surface area (Å²) in [6.07, 6.45) is 14.5. The van der Waals surface area contributed by atoms with Crippen LogP contribution in [-0.4, -0.2) is 23.8 Å². The number of esters is 1. The molecule has 0 aromatic heterocycles. The van der Waals surface area contributed by atoms with Gasteiger partial charge in [-0.25, -0.2) is 0 Å². The van der Waals surface area contributed by atoms with Crippen molar-refractivity contribution in [2.75, 3.05) is 6.61 Å². The van der Waals surface area contributed by atoms with Gasteiger partial charge in [0, 0.05) is 6.42 Å². The van der Waals surface area contributed by atoms with E-state index in [1.54, 1.807) is 5.57 Å². The average molecular weight is 561 g/mol. The molecule has 6 rings (SSSR count). The molecule has 7 unspecified atom stereocenters. The van der Waals surface area contributed by atoms with E-state index >= 15 is 0 Å². The van der Waals surface area contributed by atoms with Gasteiger partial charge in [0.1, 0.15) is 0 Å². The van der Waals surface area contributed by atoms with Crippen molar-refractivity contribution in [2.24, 2.45) is 50.2 Å². The number of benzene rings is 1. The van der Waals surface area contributed by atoms with Gasteiger partial charge in [-0.15, -0.1) is 0 Å². The first-order valence-electron chi connectivity index (χ1n) is 16.8. The van der Waals surface area contributed by atoms with Crippen molar-refractivity contribution >= 4 is 5.97 Å². The standard InChI is InChI=1S/C38H56O3/c1-33(2)29-15-19-38(7)30(36(29,5)18-16-31(33)39)14-13-27-28-25-35(4,21-20-34(28,3)22-23-37(27,38)6)32(40)41-24-17-26-11-9-8-10-12-26/h8-13,28-31,39H,14-25H2,1-7H3/t28?,29?,30?,31?,34?,35-,36?,37+,38?/m0/s1. The van der Waals surface area contributed by atoms with Gasteiger partial charge in [0.2, 0.25) is 0 Å². The van der Waals surface area contributed by atoms with Gasteiger partial charge in [-0.3, -0.25) is 4.79 Å². The van der Waals surface area contributed by atoms with Gasteiger partial charge in [0.25, 0.3) is 0 Å². The van der Waals surface area contributed by atoms with Crippen LogP contribution in [0.1, 0.15) is 118 Å². The smallest absolute Gasteiger partial charge is 0.311 e. The number of carbonyl (C=O) groups excluding carboxylic acids is 1. The maximum Gasteiger partial charge on any atom is 0.311 e. The Hall–Kier alpha value is -1.61. The molecule has 4 saturated carbocycles. The molecule has 3 nitrogen and oxygen atoms in total. The molecule has 9 atom stereocenters. The molecule has 0 saturated heterocycles. The first kappa shape index (κ1) is 29.5. The zero-order valence-electron chi connectivity index (χ0n) is 27.0. The molecule has 5 aliphatic rings. The number of rotatable bonds is 4. The van der Waals surface area contributed by atoms with Gasteiger partial charge in [0.15, 0.2) is 0 Å². The van der Waals surface area contributed by atoms with Gasteiger partial charge < -0.3 is 9.84 Å². The third kappa shape index (κ3) is 4.25. The van der Waals surface area contributed by atoms with Crippen LogP contribution >= 0.6 is 0 Å². The van der Waals surface area contributed by atoms with Crippen LogP contribution in [0.25, 0.3) is 0 Å². The number of fused-ring (bicyclic) bond motifs is 7. The predicted molar refractivity (Wildman–Crippen MR) is 166 cm³/mol. The first-order valence-corrected chi connectivity index (χ1v) is 16.8. The van der Waals surface area contributed by atoms with Gasteiger partial charge in [-0.1, -0.05) is 83.5 Å². The van der Waals surface area contributed by atoms with E-state index in [-0.39, 0.29) is 39.1 Å². The number of aliphatic hydroxyl groups excluding tert-OH is 1. The zero-order chi connectivity index (χ0) is 29.5. The highest BCUT2D eigenvalue weighted by molar-refractivity contribution is 5.76. The highest BCUT2D eigenvalue weighted by Gasteiger charge is 2.68. The molecular formula is C38H56O3. The molecule has 1 aromatic carbocycles. The Morgan fingerprint density at radius 1 is 0.878 bits per heavy atom. The first-order chi connectivity index (χ1) is 19.2. The zero-order valence-corrected chi connectivity index (χ0v) is 27.0. The van der Waals surface area contributed by atoms with Crippen molar-refractivity contribution in [1.82, 2.24) is 0 Å². The third-order valence-electron chi connectivity index (χ3n) is 14.8. The normalized spacial score (nSPS) is 46.7. The Morgan fingerprint density at radius 3 is 2.32 bits per heavy atom. The summed E-state index contributed by atoms with van der Waals surface area (Å²) in [5, 5.41) is 11.0. The van der Waals surface area contributed by atoms with Crippen LogP contribution in [0.2, 0.25) is 0 Å². The summed E-state index contributed by atoms with van der Waals surface area (Å²) in [6.45, 7) is 17.7. The number of ether oxygens (including phenoxy) is 1. The Bertz CT molecular complexity index is 1200. The SMILES string of the molecule is CC12CC[C@](C)(C(=O)OCCc3ccccc3)CC1C1=CCC3C4(C)CCC(O)C(C)(C)C4CCC3(C)[C@]1(C)CC2. The van der Waals surface area contributed by atoms with E-state index in [2.05, 4.69) is 78.8 Å². The molecule has 5 aliphatic carbocycles. The second kappa shape index (κ2) is 9.70. The Balaban J connectivity index is 1.26. The molecule has 0 heterocycles. The van der Waals surface area contributed by atoms with E-state index in [1.807, 2.05) is 6.07 Å². The maximum atomic E-state index is 13.6. The summed E-state index contributed by atoms with van der Waals surface area (Å²) >= 11 is 0. The molecule has 0 aliphatic heterocycles. The van der Waals surface area contributed by atoms with Crippen molar-refractivity contribution in [2.45, 2.75) is 125 Å². The van der Waals surface area contributed by atoms with Crippen LogP contribution in [0.4, 0.5) is 0 Å². The number of aliphatic hydroxyl groups is 1. The van der Waals surface area contributed by atoms with Gasteiger partial charge in [-0.05, 0) is 122 Å². The van der Waals surface area contributed by atoms with Gasteiger partial charge >= 0.3 is 5.97 Å². The molecule has 41 heavy (non-hydrogen) atoms. The van der Waals surface area contributed by atoms with Crippen LogP contribution < -0.4 is 0 Å². The summed E-state index contributed by atoms with van der Waals surface area (Å²) in [5.41, 5.74) is 3.45. The molecule has 1 aromatic rings. The molecule has 0 spiro atoms. The van der Waals surface area contributed by atoms with Crippen LogP contribution in [-0.2, 0) is 16.0 Å². The second-order valence-electron chi connectivity index (χ2n) is 17.0. The fraction of sp³-hybridized carbons (Fsp3) is 0.763. The quantitative estimate of drug-likeness (QED) is 0.295. The molecule has 226 valence electrons. The van der Waals surface area contributed by atoms with E-state index in [0.29, 0.717) is 24.4 Å². The van der Waals surface area contributed by atoms with Crippen molar-refractivity contribution in [3.63, 3.8) is 0 Å². The predicted octanol–water partition coefficient (Wildman–Crippen LogP) is 8.93. The monoisotopic (exact) mass is 560 g/mol. The minimum Gasteiger partial charge on any atom is -0.465 e. The molecular weight excluding hydrogens is 504 g/mol. The van der Waals surface area contributed by atoms with E-state index in [4.69, 9.17) is 4.74 Å². The summed E-state index contributed by atoms with van der Waals surface area (Å²) in [4.78, 5) is 13.6. The number of carbonyl (C=O) groups is 1. The maximum absolute atomic E-state index is 13.6. The van der Waals surface area contributed by atoms with Crippen molar-refractivity contribution in [3.8, 4) is 0 Å². The van der Waals surface area contributed by atoms with Crippen molar-refractivity contribution in [1.29, 1.82) is 0 Å². The van der Waals surface area contributed by atoms with E-state index in [1.165, 1.54) is 31.2 Å². The summed E-state index contributed by atoms with van der Waals surface area (Å²) in [7, 11) is 0. The average Bonchev–Trinajstić information content (AvgIpc) is 2.93. The Morgan fingerprint density at radius 2 is 1.59 bits per heavy atom. The number of hydrogen-bond acceptors (Lipinski definition) is 3. The lowest BCUT2D eigenvalue weighted by Crippen LogP contribution is -2.64. The molecule has 0 radical (unpaired) electrons. The third-order valence-corrected chi connectivity index (χ3v) is 14.8. The molecule has 1 N–H and O–H groups in total. The fourth-order valence-corrected chi connectivity index (χ4v) is 11.6. The van der Waals surface area contributed by atoms with Crippen LogP contribution in [0.3, 0.4) is 0 Å². The summed E-state index contributed by atoms with van der Waals surface area (Å²) < 4.78 is 5.99. The molecule has 0 bridgehead atoms. The van der Waals surface area contributed by atoms with E-state index < -0.39 is 5.41 Å². The van der Waals surface area contributed by atoms with Crippen LogP contribution in [0.5, 0.6) is 0 Å². The van der Waals surface area contributed by atoms with E-state index in [9.17, 15) is 9.90 Å². The van der Waals surface area contributed by atoms with Crippen LogP contribution in [0.15, 0.2) is 42.0 Å². The highest BCUT2D eigenvalue weighted by atomic mass is 16.5. The highest BCUT2D eigenvalue weighted by Crippen LogP contribution is 2.75. The molecule has 0 amide bonds. The largest absolute Gasteiger partial charge is 0.465 e. The fourth-order valence-electron chi connectivity index (χ4n) is 11.6. The van der Waals surface area contributed by atoms with Crippen molar-refractivity contribution in [3.05, 3.63) is 47.5 Å². The lowest BCUT2D eigenvalue weighted by atomic mass is 9.33. The second-order valence-corrected chi connectivity index (χ2v) is 17.0. The molecule has 4 fully saturated rings. The Labute approximate surface area is 249 Å². The lowest BCUT2D eigenvalue weighted by Gasteiger charge is -2.71. The molecule has 3 heteroatoms. The number of hydrogen-bond donors (Lipinski definition) is 1. The van der Waals surface area contributed by atoms with Gasteiger partial charge in [0.05, 0.1) is 18.1 Å². The summed E-state index contributed by atoms with van der Waals surface area (Å²) in [6, 6.07) is 10.3. The van der Waals surface area contributed by atoms with E-state index in [0.717, 1.165) is 44.9 Å². The minimum atomic E-state index is -0.412. The lowest BCUT2D eigenvalue weighted by molar-refractivity contribution is -0.203. The van der Waals surface area contributed by atoms with Crippen molar-refractivity contribution < 1.29 is 14.6 Å². The summed E-state index contributed by atoms with van der Waals surface area (Å²) in [5.74, 6) is 1.69. The Kier molecular flexibility index (Phi) is 6.97. The topological polar surface area (TPSA) is 46.5 Å². The van der Waals surface area contributed by atoms with Gasteiger partial charge in [-0.2, -0.15) is 0 Å². The van der Waals surface area contributed by atoms with Crippen LogP contribution in [0, 0.1) is 50.2 Å².